The average Bonchev–Trinajstić information content (AvgIpc) is 2.94. The maximum Gasteiger partial charge on any atom is 0.219 e. The molecule has 0 unspecified atom stereocenters. The summed E-state index contributed by atoms with van der Waals surface area (Å²) in [4.78, 5) is 4.19. The van der Waals surface area contributed by atoms with Crippen LogP contribution < -0.4 is 10.5 Å². The quantitative estimate of drug-likeness (QED) is 0.388. The lowest BCUT2D eigenvalue weighted by atomic mass is 10.1. The molecule has 0 bridgehead atoms. The molecule has 0 atom stereocenters. The second-order valence-electron chi connectivity index (χ2n) is 4.73. The Morgan fingerprint density at radius 1 is 1.20 bits per heavy atom. The zero-order valence-electron chi connectivity index (χ0n) is 10.9. The Labute approximate surface area is 116 Å². The molecule has 5 nitrogen and oxygen atoms in total. The molecule has 3 N–H and O–H groups in total. The molecule has 1 aliphatic rings. The lowest BCUT2D eigenvalue weighted by Crippen LogP contribution is -2.14. The highest BCUT2D eigenvalue weighted by atomic mass is 16.5. The highest BCUT2D eigenvalue weighted by Crippen LogP contribution is 2.28. The van der Waals surface area contributed by atoms with Gasteiger partial charge in [-0.2, -0.15) is 0 Å². The number of hydrogen-bond donors (Lipinski definition) is 2. The number of nitrogens with two attached hydrogens (primary N) is 1. The lowest BCUT2D eigenvalue weighted by molar-refractivity contribution is 0.318. The van der Waals surface area contributed by atoms with Crippen LogP contribution in [0.25, 0.3) is 0 Å². The first-order valence-electron chi connectivity index (χ1n) is 6.51. The highest BCUT2D eigenvalue weighted by molar-refractivity contribution is 5.95. The van der Waals surface area contributed by atoms with Gasteiger partial charge < -0.3 is 15.7 Å². The first-order valence-corrected chi connectivity index (χ1v) is 6.51. The van der Waals surface area contributed by atoms with Gasteiger partial charge in [0.25, 0.3) is 0 Å². The molecule has 0 fully saturated rings. The summed E-state index contributed by atoms with van der Waals surface area (Å²) in [6.45, 7) is 0. The molecule has 20 heavy (non-hydrogen) atoms. The van der Waals surface area contributed by atoms with E-state index in [9.17, 15) is 0 Å². The molecule has 1 aromatic carbocycles. The van der Waals surface area contributed by atoms with Crippen LogP contribution >= 0.6 is 0 Å². The van der Waals surface area contributed by atoms with Crippen molar-refractivity contribution in [2.75, 3.05) is 0 Å². The Kier molecular flexibility index (Phi) is 3.25. The van der Waals surface area contributed by atoms with Crippen LogP contribution in [0.3, 0.4) is 0 Å². The Morgan fingerprint density at radius 2 is 2.05 bits per heavy atom. The number of fused-ring (bicyclic) bond motifs is 1. The average molecular weight is 269 g/mol. The molecule has 0 saturated carbocycles. The fraction of sp³-hybridized carbons (Fsp3) is 0.200. The second-order valence-corrected chi connectivity index (χ2v) is 4.73. The van der Waals surface area contributed by atoms with Crippen LogP contribution in [0.2, 0.25) is 0 Å². The number of benzene rings is 1. The number of amidine groups is 1. The highest BCUT2D eigenvalue weighted by Gasteiger charge is 2.12. The zero-order chi connectivity index (χ0) is 13.9. The number of pyridine rings is 1. The summed E-state index contributed by atoms with van der Waals surface area (Å²) in [5.41, 5.74) is 8.63. The topological polar surface area (TPSA) is 80.7 Å². The van der Waals surface area contributed by atoms with Crippen molar-refractivity contribution in [1.82, 2.24) is 4.98 Å². The Morgan fingerprint density at radius 3 is 2.90 bits per heavy atom. The molecule has 3 rings (SSSR count). The molecule has 1 aromatic heterocycles. The third-order valence-electron chi connectivity index (χ3n) is 3.39. The van der Waals surface area contributed by atoms with Gasteiger partial charge in [-0.25, -0.2) is 4.98 Å². The van der Waals surface area contributed by atoms with E-state index in [1.54, 1.807) is 18.2 Å². The van der Waals surface area contributed by atoms with E-state index < -0.39 is 0 Å². The number of aromatic nitrogens is 1. The van der Waals surface area contributed by atoms with Crippen LogP contribution in [0.15, 0.2) is 41.6 Å². The Bertz CT molecular complexity index is 668. The van der Waals surface area contributed by atoms with Gasteiger partial charge in [0.2, 0.25) is 5.88 Å². The predicted molar refractivity (Wildman–Crippen MR) is 75.3 cm³/mol. The molecular formula is C15H15N3O2. The standard InChI is InChI=1S/C15H15N3O2/c16-15(18-19)13-5-2-6-14(17-13)20-12-8-7-10-3-1-4-11(10)9-12/h2,5-9,19H,1,3-4H2,(H2,16,18). The van der Waals surface area contributed by atoms with Gasteiger partial charge >= 0.3 is 0 Å². The fourth-order valence-corrected chi connectivity index (χ4v) is 2.40. The first-order chi connectivity index (χ1) is 9.76. The summed E-state index contributed by atoms with van der Waals surface area (Å²) in [7, 11) is 0. The van der Waals surface area contributed by atoms with E-state index in [0.717, 1.165) is 18.6 Å². The van der Waals surface area contributed by atoms with Gasteiger partial charge in [-0.1, -0.05) is 17.3 Å². The van der Waals surface area contributed by atoms with Crippen molar-refractivity contribution >= 4 is 5.84 Å². The van der Waals surface area contributed by atoms with Gasteiger partial charge in [-0.3, -0.25) is 0 Å². The summed E-state index contributed by atoms with van der Waals surface area (Å²) in [5.74, 6) is 1.14. The predicted octanol–water partition coefficient (Wildman–Crippen LogP) is 2.46. The normalized spacial score (nSPS) is 14.1. The van der Waals surface area contributed by atoms with Crippen LogP contribution in [0.1, 0.15) is 23.2 Å². The monoisotopic (exact) mass is 269 g/mol. The van der Waals surface area contributed by atoms with Crippen molar-refractivity contribution in [2.45, 2.75) is 19.3 Å². The van der Waals surface area contributed by atoms with Crippen molar-refractivity contribution in [3.63, 3.8) is 0 Å². The van der Waals surface area contributed by atoms with E-state index in [0.29, 0.717) is 11.6 Å². The number of oxime groups is 1. The van der Waals surface area contributed by atoms with Crippen molar-refractivity contribution in [3.05, 3.63) is 53.2 Å². The maximum absolute atomic E-state index is 8.66. The number of hydrogen-bond acceptors (Lipinski definition) is 4. The van der Waals surface area contributed by atoms with Crippen molar-refractivity contribution in [2.24, 2.45) is 10.9 Å². The van der Waals surface area contributed by atoms with Crippen LogP contribution in [0.5, 0.6) is 11.6 Å². The molecule has 1 heterocycles. The lowest BCUT2D eigenvalue weighted by Gasteiger charge is -2.08. The van der Waals surface area contributed by atoms with Crippen LogP contribution in [-0.4, -0.2) is 16.0 Å². The maximum atomic E-state index is 8.66. The number of ether oxygens (including phenoxy) is 1. The Hall–Kier alpha value is -2.56. The van der Waals surface area contributed by atoms with Crippen LogP contribution in [-0.2, 0) is 12.8 Å². The van der Waals surface area contributed by atoms with Crippen molar-refractivity contribution in [3.8, 4) is 11.6 Å². The summed E-state index contributed by atoms with van der Waals surface area (Å²) in [5, 5.41) is 11.6. The smallest absolute Gasteiger partial charge is 0.219 e. The van der Waals surface area contributed by atoms with Gasteiger partial charge in [-0.15, -0.1) is 0 Å². The molecule has 2 aromatic rings. The van der Waals surface area contributed by atoms with E-state index in [1.807, 2.05) is 6.07 Å². The van der Waals surface area contributed by atoms with Gasteiger partial charge in [0.1, 0.15) is 11.4 Å². The van der Waals surface area contributed by atoms with Gasteiger partial charge in [0, 0.05) is 6.07 Å². The zero-order valence-corrected chi connectivity index (χ0v) is 10.9. The number of nitrogens with zero attached hydrogens (tertiary/aromatic N) is 2. The molecule has 0 aliphatic heterocycles. The SMILES string of the molecule is NC(=NO)c1cccc(Oc2ccc3c(c2)CCC3)n1. The van der Waals surface area contributed by atoms with Gasteiger partial charge in [0.05, 0.1) is 0 Å². The molecule has 0 amide bonds. The molecule has 0 saturated heterocycles. The molecule has 0 spiro atoms. The van der Waals surface area contributed by atoms with Gasteiger partial charge in [0.15, 0.2) is 5.84 Å². The van der Waals surface area contributed by atoms with E-state index in [1.165, 1.54) is 17.5 Å². The molecule has 0 radical (unpaired) electrons. The Balaban J connectivity index is 1.84. The summed E-state index contributed by atoms with van der Waals surface area (Å²) < 4.78 is 5.74. The third-order valence-corrected chi connectivity index (χ3v) is 3.39. The third kappa shape index (κ3) is 2.42. The molecule has 1 aliphatic carbocycles. The molecular weight excluding hydrogens is 254 g/mol. The minimum Gasteiger partial charge on any atom is -0.439 e. The van der Waals surface area contributed by atoms with Crippen molar-refractivity contribution in [1.29, 1.82) is 0 Å². The molecule has 5 heteroatoms. The summed E-state index contributed by atoms with van der Waals surface area (Å²) >= 11 is 0. The van der Waals surface area contributed by atoms with Gasteiger partial charge in [-0.05, 0) is 48.6 Å². The summed E-state index contributed by atoms with van der Waals surface area (Å²) in [6.07, 6.45) is 3.45. The van der Waals surface area contributed by atoms with Crippen LogP contribution in [0.4, 0.5) is 0 Å². The minimum absolute atomic E-state index is 0.0376. The van der Waals surface area contributed by atoms with E-state index in [-0.39, 0.29) is 5.84 Å². The second kappa shape index (κ2) is 5.21. The van der Waals surface area contributed by atoms with E-state index >= 15 is 0 Å². The number of aryl methyl sites for hydroxylation is 2. The van der Waals surface area contributed by atoms with Crippen molar-refractivity contribution < 1.29 is 9.94 Å². The fourth-order valence-electron chi connectivity index (χ4n) is 2.40. The summed E-state index contributed by atoms with van der Waals surface area (Å²) in [6, 6.07) is 11.3. The largest absolute Gasteiger partial charge is 0.439 e. The first kappa shape index (κ1) is 12.5. The van der Waals surface area contributed by atoms with E-state index in [2.05, 4.69) is 22.3 Å². The van der Waals surface area contributed by atoms with Crippen LogP contribution in [0, 0.1) is 0 Å². The minimum atomic E-state index is -0.0376. The molecule has 102 valence electrons. The van der Waals surface area contributed by atoms with E-state index in [4.69, 9.17) is 15.7 Å². The number of rotatable bonds is 3.